The van der Waals surface area contributed by atoms with Crippen LogP contribution in [0.3, 0.4) is 0 Å². The van der Waals surface area contributed by atoms with Crippen LogP contribution < -0.4 is 11.1 Å². The number of aromatic nitrogens is 2. The van der Waals surface area contributed by atoms with Gasteiger partial charge in [-0.05, 0) is 60.2 Å². The molecule has 0 aliphatic rings. The highest BCUT2D eigenvalue weighted by Crippen LogP contribution is 2.28. The Morgan fingerprint density at radius 1 is 1.00 bits per heavy atom. The van der Waals surface area contributed by atoms with E-state index < -0.39 is 17.3 Å². The van der Waals surface area contributed by atoms with Gasteiger partial charge in [-0.2, -0.15) is 0 Å². The van der Waals surface area contributed by atoms with E-state index in [4.69, 9.17) is 5.73 Å². The molecule has 5 nitrogen and oxygen atoms in total. The molecule has 3 N–H and O–H groups in total. The monoisotopic (exact) mass is 378 g/mol. The largest absolute Gasteiger partial charge is 0.368 e. The Bertz CT molecular complexity index is 905. The van der Waals surface area contributed by atoms with Gasteiger partial charge in [-0.3, -0.25) is 20.1 Å². The SMILES string of the molecule is NC(=O)C(CCc1cccnc1)(NCCc1cccnc1)c1cccc(F)c1. The fourth-order valence-electron chi connectivity index (χ4n) is 3.29. The van der Waals surface area contributed by atoms with Gasteiger partial charge in [0.15, 0.2) is 0 Å². The predicted octanol–water partition coefficient (Wildman–Crippen LogP) is 2.76. The lowest BCUT2D eigenvalue weighted by atomic mass is 9.83. The molecule has 1 aromatic carbocycles. The van der Waals surface area contributed by atoms with Crippen molar-refractivity contribution < 1.29 is 9.18 Å². The fourth-order valence-corrected chi connectivity index (χ4v) is 3.29. The Morgan fingerprint density at radius 2 is 1.68 bits per heavy atom. The van der Waals surface area contributed by atoms with Crippen molar-refractivity contribution in [3.05, 3.63) is 95.8 Å². The van der Waals surface area contributed by atoms with Gasteiger partial charge >= 0.3 is 0 Å². The molecule has 0 saturated carbocycles. The number of aryl methyl sites for hydroxylation is 1. The fraction of sp³-hybridized carbons (Fsp3) is 0.227. The van der Waals surface area contributed by atoms with Crippen molar-refractivity contribution in [1.29, 1.82) is 0 Å². The number of halogens is 1. The van der Waals surface area contributed by atoms with E-state index in [-0.39, 0.29) is 0 Å². The van der Waals surface area contributed by atoms with Gasteiger partial charge in [0.05, 0.1) is 0 Å². The maximum atomic E-state index is 13.9. The molecule has 0 saturated heterocycles. The molecule has 6 heteroatoms. The zero-order valence-corrected chi connectivity index (χ0v) is 15.5. The van der Waals surface area contributed by atoms with Crippen LogP contribution in [0.1, 0.15) is 23.1 Å². The summed E-state index contributed by atoms with van der Waals surface area (Å²) in [5.74, 6) is -0.938. The Balaban J connectivity index is 1.85. The van der Waals surface area contributed by atoms with Gasteiger partial charge in [-0.15, -0.1) is 0 Å². The number of benzene rings is 1. The van der Waals surface area contributed by atoms with Gasteiger partial charge in [0.2, 0.25) is 5.91 Å². The zero-order chi connectivity index (χ0) is 19.8. The van der Waals surface area contributed by atoms with Gasteiger partial charge in [0, 0.05) is 31.3 Å². The number of hydrogen-bond donors (Lipinski definition) is 2. The minimum absolute atomic E-state index is 0.393. The van der Waals surface area contributed by atoms with E-state index in [2.05, 4.69) is 15.3 Å². The van der Waals surface area contributed by atoms with Crippen molar-refractivity contribution >= 4 is 5.91 Å². The lowest BCUT2D eigenvalue weighted by molar-refractivity contribution is -0.125. The maximum absolute atomic E-state index is 13.9. The molecule has 3 rings (SSSR count). The van der Waals surface area contributed by atoms with Crippen LogP contribution in [0.5, 0.6) is 0 Å². The number of nitrogens with one attached hydrogen (secondary N) is 1. The van der Waals surface area contributed by atoms with E-state index in [1.807, 2.05) is 24.3 Å². The first-order valence-corrected chi connectivity index (χ1v) is 9.19. The molecule has 28 heavy (non-hydrogen) atoms. The summed E-state index contributed by atoms with van der Waals surface area (Å²) in [5, 5.41) is 3.31. The van der Waals surface area contributed by atoms with E-state index in [9.17, 15) is 9.18 Å². The Kier molecular flexibility index (Phi) is 6.45. The van der Waals surface area contributed by atoms with Crippen LogP contribution in [0.2, 0.25) is 0 Å². The minimum Gasteiger partial charge on any atom is -0.368 e. The van der Waals surface area contributed by atoms with Crippen LogP contribution >= 0.6 is 0 Å². The lowest BCUT2D eigenvalue weighted by Gasteiger charge is -2.33. The van der Waals surface area contributed by atoms with Crippen molar-refractivity contribution in [1.82, 2.24) is 15.3 Å². The molecule has 0 bridgehead atoms. The summed E-state index contributed by atoms with van der Waals surface area (Å²) in [6, 6.07) is 13.7. The van der Waals surface area contributed by atoms with Crippen LogP contribution in [0.25, 0.3) is 0 Å². The summed E-state index contributed by atoms with van der Waals surface area (Å²) >= 11 is 0. The van der Waals surface area contributed by atoms with Gasteiger partial charge in [0.1, 0.15) is 11.4 Å². The van der Waals surface area contributed by atoms with E-state index in [0.29, 0.717) is 31.4 Å². The number of nitrogens with zero attached hydrogens (tertiary/aromatic N) is 2. The number of carbonyl (C=O) groups is 1. The second-order valence-corrected chi connectivity index (χ2v) is 6.68. The molecule has 1 unspecified atom stereocenters. The first kappa shape index (κ1) is 19.6. The topological polar surface area (TPSA) is 80.9 Å². The number of carbonyl (C=O) groups excluding carboxylic acids is 1. The van der Waals surface area contributed by atoms with Gasteiger partial charge in [-0.1, -0.05) is 24.3 Å². The van der Waals surface area contributed by atoms with E-state index in [1.165, 1.54) is 12.1 Å². The summed E-state index contributed by atoms with van der Waals surface area (Å²) in [7, 11) is 0. The van der Waals surface area contributed by atoms with Gasteiger partial charge < -0.3 is 5.73 Å². The molecule has 0 spiro atoms. The first-order valence-electron chi connectivity index (χ1n) is 9.19. The molecule has 0 aliphatic carbocycles. The van der Waals surface area contributed by atoms with Gasteiger partial charge in [0.25, 0.3) is 0 Å². The van der Waals surface area contributed by atoms with Crippen LogP contribution in [-0.4, -0.2) is 22.4 Å². The number of amides is 1. The average Bonchev–Trinajstić information content (AvgIpc) is 2.72. The van der Waals surface area contributed by atoms with Crippen LogP contribution in [0, 0.1) is 5.82 Å². The second kappa shape index (κ2) is 9.19. The molecule has 0 aliphatic heterocycles. The normalized spacial score (nSPS) is 13.0. The summed E-state index contributed by atoms with van der Waals surface area (Å²) in [5.41, 5.74) is 7.21. The van der Waals surface area contributed by atoms with Crippen molar-refractivity contribution in [3.63, 3.8) is 0 Å². The van der Waals surface area contributed by atoms with Gasteiger partial charge in [-0.25, -0.2) is 4.39 Å². The summed E-state index contributed by atoms with van der Waals surface area (Å²) in [6.45, 7) is 0.498. The Labute approximate surface area is 163 Å². The smallest absolute Gasteiger partial charge is 0.242 e. The van der Waals surface area contributed by atoms with Crippen molar-refractivity contribution in [3.8, 4) is 0 Å². The quantitative estimate of drug-likeness (QED) is 0.600. The zero-order valence-electron chi connectivity index (χ0n) is 15.5. The van der Waals surface area contributed by atoms with E-state index in [0.717, 1.165) is 11.1 Å². The van der Waals surface area contributed by atoms with Crippen molar-refractivity contribution in [2.75, 3.05) is 6.54 Å². The number of pyridine rings is 2. The highest BCUT2D eigenvalue weighted by molar-refractivity contribution is 5.86. The molecule has 2 aromatic heterocycles. The molecule has 2 heterocycles. The number of hydrogen-bond acceptors (Lipinski definition) is 4. The first-order chi connectivity index (χ1) is 13.6. The minimum atomic E-state index is -1.18. The van der Waals surface area contributed by atoms with Crippen LogP contribution in [0.15, 0.2) is 73.3 Å². The molecule has 3 aromatic rings. The molecule has 0 fully saturated rings. The number of nitrogens with two attached hydrogens (primary N) is 1. The summed E-state index contributed by atoms with van der Waals surface area (Å²) < 4.78 is 13.9. The molecule has 1 atom stereocenters. The molecule has 1 amide bonds. The lowest BCUT2D eigenvalue weighted by Crippen LogP contribution is -2.53. The molecule has 0 radical (unpaired) electrons. The summed E-state index contributed by atoms with van der Waals surface area (Å²) in [4.78, 5) is 20.8. The predicted molar refractivity (Wildman–Crippen MR) is 106 cm³/mol. The highest BCUT2D eigenvalue weighted by Gasteiger charge is 2.38. The Morgan fingerprint density at radius 3 is 2.25 bits per heavy atom. The average molecular weight is 378 g/mol. The van der Waals surface area contributed by atoms with Crippen molar-refractivity contribution in [2.45, 2.75) is 24.8 Å². The standard InChI is InChI=1S/C22H23FN4O/c23-20-7-1-6-19(14-20)22(21(24)28,10-8-17-4-2-11-25-15-17)27-13-9-18-5-3-12-26-16-18/h1-7,11-12,14-16,27H,8-10,13H2,(H2,24,28). The third-order valence-corrected chi connectivity index (χ3v) is 4.81. The maximum Gasteiger partial charge on any atom is 0.242 e. The Hall–Kier alpha value is -3.12. The highest BCUT2D eigenvalue weighted by atomic mass is 19.1. The third kappa shape index (κ3) is 4.78. The third-order valence-electron chi connectivity index (χ3n) is 4.81. The van der Waals surface area contributed by atoms with Crippen LogP contribution in [0.4, 0.5) is 4.39 Å². The van der Waals surface area contributed by atoms with Crippen molar-refractivity contribution in [2.24, 2.45) is 5.73 Å². The molecular weight excluding hydrogens is 355 g/mol. The van der Waals surface area contributed by atoms with E-state index in [1.54, 1.807) is 36.9 Å². The second-order valence-electron chi connectivity index (χ2n) is 6.68. The number of rotatable bonds is 9. The summed E-state index contributed by atoms with van der Waals surface area (Å²) in [6.07, 6.45) is 8.59. The van der Waals surface area contributed by atoms with Crippen LogP contribution in [-0.2, 0) is 23.2 Å². The number of primary amides is 1. The molecule has 144 valence electrons. The van der Waals surface area contributed by atoms with E-state index >= 15 is 0 Å². The molecular formula is C22H23FN4O.